The monoisotopic (exact) mass is 325 g/mol. The Hall–Kier alpha value is -3.58. The molecule has 0 aliphatic rings. The van der Waals surface area contributed by atoms with Gasteiger partial charge < -0.3 is 4.84 Å². The summed E-state index contributed by atoms with van der Waals surface area (Å²) in [6, 6.07) is 12.3. The van der Waals surface area contributed by atoms with Crippen LogP contribution in [0.1, 0.15) is 21.5 Å². The number of hydrogen-bond donors (Lipinski definition) is 0. The van der Waals surface area contributed by atoms with Crippen molar-refractivity contribution in [2.24, 2.45) is 5.16 Å². The molecule has 5 nitrogen and oxygen atoms in total. The highest BCUT2D eigenvalue weighted by atomic mass is 19.1. The van der Waals surface area contributed by atoms with E-state index < -0.39 is 29.7 Å². The van der Waals surface area contributed by atoms with Crippen LogP contribution in [-0.4, -0.2) is 11.5 Å². The summed E-state index contributed by atoms with van der Waals surface area (Å²) in [5.41, 5.74) is -0.441. The lowest BCUT2D eigenvalue weighted by Gasteiger charge is -2.04. The summed E-state index contributed by atoms with van der Waals surface area (Å²) in [4.78, 5) is 16.8. The van der Waals surface area contributed by atoms with E-state index in [9.17, 15) is 13.6 Å². The van der Waals surface area contributed by atoms with Crippen molar-refractivity contribution in [1.82, 2.24) is 0 Å². The molecular formula is C17H9F2N3O2. The second-order valence-electron chi connectivity index (χ2n) is 4.54. The van der Waals surface area contributed by atoms with Crippen molar-refractivity contribution in [1.29, 1.82) is 10.5 Å². The van der Waals surface area contributed by atoms with Gasteiger partial charge in [-0.3, -0.25) is 4.79 Å². The molecular weight excluding hydrogens is 316 g/mol. The fraction of sp³-hybridized carbons (Fsp3) is 0.0588. The third-order valence-electron chi connectivity index (χ3n) is 3.02. The number of halogens is 2. The number of oxime groups is 1. The van der Waals surface area contributed by atoms with Crippen molar-refractivity contribution in [3.8, 4) is 12.1 Å². The first-order chi connectivity index (χ1) is 11.6. The highest BCUT2D eigenvalue weighted by Gasteiger charge is 2.15. The molecule has 0 aliphatic heterocycles. The molecule has 0 fully saturated rings. The molecule has 118 valence electrons. The van der Waals surface area contributed by atoms with E-state index >= 15 is 0 Å². The van der Waals surface area contributed by atoms with Crippen molar-refractivity contribution < 1.29 is 18.4 Å². The summed E-state index contributed by atoms with van der Waals surface area (Å²) in [6.45, 7) is -0.565. The molecule has 0 amide bonds. The standard InChI is InChI=1S/C17H9F2N3O2/c18-14-2-1-3-15(19)13(14)10-24-22-16(9-21)17(23)12-6-4-11(8-20)5-7-12/h1-7H,10H2/b22-16+. The topological polar surface area (TPSA) is 86.2 Å². The van der Waals surface area contributed by atoms with Gasteiger partial charge in [0.25, 0.3) is 0 Å². The van der Waals surface area contributed by atoms with E-state index in [1.807, 2.05) is 6.07 Å². The SMILES string of the molecule is N#C/C(=N\OCc1c(F)cccc1F)C(=O)c1ccc(C#N)cc1. The van der Waals surface area contributed by atoms with E-state index in [4.69, 9.17) is 15.4 Å². The predicted molar refractivity (Wildman–Crippen MR) is 79.7 cm³/mol. The van der Waals surface area contributed by atoms with E-state index in [-0.39, 0.29) is 11.1 Å². The Labute approximate surface area is 136 Å². The van der Waals surface area contributed by atoms with Crippen LogP contribution in [0.25, 0.3) is 0 Å². The number of nitrogens with zero attached hydrogens (tertiary/aromatic N) is 3. The van der Waals surface area contributed by atoms with Crippen LogP contribution in [0.2, 0.25) is 0 Å². The Kier molecular flexibility index (Phi) is 5.32. The number of carbonyl (C=O) groups excluding carboxylic acids is 1. The highest BCUT2D eigenvalue weighted by Crippen LogP contribution is 2.13. The molecule has 2 rings (SSSR count). The van der Waals surface area contributed by atoms with Gasteiger partial charge in [0.05, 0.1) is 17.2 Å². The van der Waals surface area contributed by atoms with Gasteiger partial charge in [0.2, 0.25) is 11.5 Å². The van der Waals surface area contributed by atoms with Gasteiger partial charge in [-0.25, -0.2) is 8.78 Å². The Bertz CT molecular complexity index is 858. The van der Waals surface area contributed by atoms with Gasteiger partial charge >= 0.3 is 0 Å². The average Bonchev–Trinajstić information content (AvgIpc) is 2.60. The molecule has 0 saturated carbocycles. The van der Waals surface area contributed by atoms with Gasteiger partial charge in [-0.2, -0.15) is 10.5 Å². The van der Waals surface area contributed by atoms with E-state index in [1.165, 1.54) is 30.3 Å². The predicted octanol–water partition coefficient (Wildman–Crippen LogP) is 3.12. The molecule has 0 spiro atoms. The van der Waals surface area contributed by atoms with Crippen LogP contribution in [0.15, 0.2) is 47.6 Å². The normalized spacial score (nSPS) is 10.6. The number of carbonyl (C=O) groups is 1. The zero-order valence-corrected chi connectivity index (χ0v) is 12.2. The van der Waals surface area contributed by atoms with Crippen molar-refractivity contribution in [2.45, 2.75) is 6.61 Å². The molecule has 24 heavy (non-hydrogen) atoms. The fourth-order valence-electron chi connectivity index (χ4n) is 1.78. The quantitative estimate of drug-likeness (QED) is 0.480. The number of nitriles is 2. The van der Waals surface area contributed by atoms with Gasteiger partial charge in [-0.05, 0) is 36.4 Å². The van der Waals surface area contributed by atoms with Crippen molar-refractivity contribution in [3.05, 3.63) is 70.8 Å². The lowest BCUT2D eigenvalue weighted by molar-refractivity contribution is 0.103. The molecule has 2 aromatic carbocycles. The van der Waals surface area contributed by atoms with Crippen LogP contribution in [0.5, 0.6) is 0 Å². The minimum Gasteiger partial charge on any atom is -0.390 e. The Morgan fingerprint density at radius 1 is 1.08 bits per heavy atom. The molecule has 0 radical (unpaired) electrons. The maximum atomic E-state index is 13.4. The molecule has 0 heterocycles. The number of ketones is 1. The van der Waals surface area contributed by atoms with Crippen LogP contribution in [0, 0.1) is 34.3 Å². The first-order valence-corrected chi connectivity index (χ1v) is 6.64. The first-order valence-electron chi connectivity index (χ1n) is 6.64. The van der Waals surface area contributed by atoms with E-state index in [0.717, 1.165) is 12.1 Å². The molecule has 0 aromatic heterocycles. The molecule has 2 aromatic rings. The van der Waals surface area contributed by atoms with Crippen LogP contribution < -0.4 is 0 Å². The lowest BCUT2D eigenvalue weighted by atomic mass is 10.1. The molecule has 0 unspecified atom stereocenters. The number of rotatable bonds is 5. The second kappa shape index (κ2) is 7.61. The Balaban J connectivity index is 2.13. The molecule has 0 bridgehead atoms. The van der Waals surface area contributed by atoms with E-state index in [1.54, 1.807) is 6.07 Å². The maximum Gasteiger partial charge on any atom is 0.227 e. The average molecular weight is 325 g/mol. The maximum absolute atomic E-state index is 13.4. The summed E-state index contributed by atoms with van der Waals surface area (Å²) >= 11 is 0. The zero-order valence-electron chi connectivity index (χ0n) is 12.2. The fourth-order valence-corrected chi connectivity index (χ4v) is 1.78. The largest absolute Gasteiger partial charge is 0.390 e. The molecule has 0 N–H and O–H groups in total. The summed E-state index contributed by atoms with van der Waals surface area (Å²) < 4.78 is 26.8. The summed E-state index contributed by atoms with van der Waals surface area (Å²) in [5.74, 6) is -2.36. The number of Topliss-reactive ketones (excluding diaryl/α,β-unsaturated/α-hetero) is 1. The van der Waals surface area contributed by atoms with Crippen LogP contribution in [0.3, 0.4) is 0 Å². The lowest BCUT2D eigenvalue weighted by Crippen LogP contribution is -2.13. The summed E-state index contributed by atoms with van der Waals surface area (Å²) in [6.07, 6.45) is 0. The molecule has 0 atom stereocenters. The minimum absolute atomic E-state index is 0.134. The summed E-state index contributed by atoms with van der Waals surface area (Å²) in [7, 11) is 0. The second-order valence-corrected chi connectivity index (χ2v) is 4.54. The summed E-state index contributed by atoms with van der Waals surface area (Å²) in [5, 5.41) is 21.0. The van der Waals surface area contributed by atoms with Gasteiger partial charge in [0, 0.05) is 5.56 Å². The molecule has 7 heteroatoms. The first kappa shape index (κ1) is 16.8. The van der Waals surface area contributed by atoms with E-state index in [0.29, 0.717) is 5.56 Å². The van der Waals surface area contributed by atoms with Gasteiger partial charge in [-0.15, -0.1) is 0 Å². The number of benzene rings is 2. The van der Waals surface area contributed by atoms with Gasteiger partial charge in [-0.1, -0.05) is 11.2 Å². The van der Waals surface area contributed by atoms with Crippen LogP contribution in [-0.2, 0) is 11.4 Å². The van der Waals surface area contributed by atoms with Gasteiger partial charge in [0.15, 0.2) is 0 Å². The van der Waals surface area contributed by atoms with Crippen molar-refractivity contribution in [2.75, 3.05) is 0 Å². The van der Waals surface area contributed by atoms with E-state index in [2.05, 4.69) is 5.16 Å². The number of hydrogen-bond acceptors (Lipinski definition) is 5. The third-order valence-corrected chi connectivity index (χ3v) is 3.02. The minimum atomic E-state index is -0.817. The zero-order chi connectivity index (χ0) is 17.5. The Morgan fingerprint density at radius 3 is 2.25 bits per heavy atom. The van der Waals surface area contributed by atoms with Gasteiger partial charge in [0.1, 0.15) is 24.3 Å². The Morgan fingerprint density at radius 2 is 1.71 bits per heavy atom. The smallest absolute Gasteiger partial charge is 0.227 e. The molecule has 0 aliphatic carbocycles. The van der Waals surface area contributed by atoms with Crippen LogP contribution in [0.4, 0.5) is 8.78 Å². The highest BCUT2D eigenvalue weighted by molar-refractivity contribution is 6.51. The van der Waals surface area contributed by atoms with Crippen LogP contribution >= 0.6 is 0 Å². The van der Waals surface area contributed by atoms with Crippen molar-refractivity contribution >= 4 is 11.5 Å². The molecule has 0 saturated heterocycles. The van der Waals surface area contributed by atoms with Crippen molar-refractivity contribution in [3.63, 3.8) is 0 Å². The third kappa shape index (κ3) is 3.79.